The van der Waals surface area contributed by atoms with Crippen molar-refractivity contribution in [3.05, 3.63) is 0 Å². The predicted molar refractivity (Wildman–Crippen MR) is 48.7 cm³/mol. The van der Waals surface area contributed by atoms with Gasteiger partial charge in [-0.05, 0) is 12.8 Å². The van der Waals surface area contributed by atoms with Crippen molar-refractivity contribution in [3.8, 4) is 0 Å². The standard InChI is InChI=1S/C6H13BrO3S/c1-2-3-6(7)4-5-11(8,9)10/h6H,2-5H2,1H3,(H,8,9,10). The Balaban J connectivity index is 3.54. The minimum absolute atomic E-state index is 0.150. The lowest BCUT2D eigenvalue weighted by Gasteiger charge is -2.05. The van der Waals surface area contributed by atoms with Gasteiger partial charge in [-0.3, -0.25) is 4.55 Å². The molecule has 68 valence electrons. The molecule has 0 amide bonds. The second-order valence-electron chi connectivity index (χ2n) is 2.46. The lowest BCUT2D eigenvalue weighted by Crippen LogP contribution is -2.09. The van der Waals surface area contributed by atoms with Crippen molar-refractivity contribution < 1.29 is 13.0 Å². The van der Waals surface area contributed by atoms with Gasteiger partial charge >= 0.3 is 0 Å². The van der Waals surface area contributed by atoms with E-state index in [1.165, 1.54) is 0 Å². The average Bonchev–Trinajstić information content (AvgIpc) is 1.83. The second-order valence-corrected chi connectivity index (χ2v) is 5.33. The normalized spacial score (nSPS) is 14.8. The van der Waals surface area contributed by atoms with Crippen LogP contribution in [0.4, 0.5) is 0 Å². The first-order valence-corrected chi connectivity index (χ1v) is 6.07. The van der Waals surface area contributed by atoms with E-state index >= 15 is 0 Å². The van der Waals surface area contributed by atoms with Crippen LogP contribution in [0.2, 0.25) is 0 Å². The van der Waals surface area contributed by atoms with E-state index in [2.05, 4.69) is 15.9 Å². The molecule has 0 saturated carbocycles. The molecule has 0 aromatic rings. The number of alkyl halides is 1. The molecule has 1 N–H and O–H groups in total. The molecule has 11 heavy (non-hydrogen) atoms. The summed E-state index contributed by atoms with van der Waals surface area (Å²) in [5.74, 6) is -0.150. The Morgan fingerprint density at radius 2 is 2.00 bits per heavy atom. The van der Waals surface area contributed by atoms with Crippen molar-refractivity contribution in [1.29, 1.82) is 0 Å². The van der Waals surface area contributed by atoms with Gasteiger partial charge in [0.05, 0.1) is 5.75 Å². The molecule has 0 heterocycles. The first-order chi connectivity index (χ1) is 4.95. The van der Waals surface area contributed by atoms with E-state index in [4.69, 9.17) is 4.55 Å². The molecular weight excluding hydrogens is 232 g/mol. The van der Waals surface area contributed by atoms with Crippen molar-refractivity contribution >= 4 is 26.0 Å². The molecule has 1 atom stereocenters. The molecule has 0 fully saturated rings. The predicted octanol–water partition coefficient (Wildman–Crippen LogP) is 1.83. The van der Waals surface area contributed by atoms with Gasteiger partial charge in [0.1, 0.15) is 0 Å². The average molecular weight is 245 g/mol. The first-order valence-electron chi connectivity index (χ1n) is 3.55. The molecule has 0 aromatic carbocycles. The SMILES string of the molecule is CCCC(Br)CCS(=O)(=O)O. The maximum absolute atomic E-state index is 10.3. The zero-order valence-electron chi connectivity index (χ0n) is 6.46. The molecule has 0 aromatic heterocycles. The molecule has 1 unspecified atom stereocenters. The molecule has 0 rings (SSSR count). The molecule has 0 aliphatic carbocycles. The number of hydrogen-bond acceptors (Lipinski definition) is 2. The summed E-state index contributed by atoms with van der Waals surface area (Å²) < 4.78 is 28.9. The molecule has 0 radical (unpaired) electrons. The van der Waals surface area contributed by atoms with E-state index in [-0.39, 0.29) is 10.6 Å². The molecule has 0 spiro atoms. The molecule has 3 nitrogen and oxygen atoms in total. The summed E-state index contributed by atoms with van der Waals surface area (Å²) in [4.78, 5) is 0.203. The fourth-order valence-electron chi connectivity index (χ4n) is 0.734. The fourth-order valence-corrected chi connectivity index (χ4v) is 2.31. The highest BCUT2D eigenvalue weighted by molar-refractivity contribution is 9.09. The largest absolute Gasteiger partial charge is 0.286 e. The molecule has 0 saturated heterocycles. The minimum Gasteiger partial charge on any atom is -0.286 e. The van der Waals surface area contributed by atoms with Crippen molar-refractivity contribution in [1.82, 2.24) is 0 Å². The maximum atomic E-state index is 10.3. The lowest BCUT2D eigenvalue weighted by molar-refractivity contribution is 0.480. The van der Waals surface area contributed by atoms with E-state index in [1.54, 1.807) is 0 Å². The summed E-state index contributed by atoms with van der Waals surface area (Å²) in [7, 11) is -3.77. The van der Waals surface area contributed by atoms with Crippen LogP contribution in [0.3, 0.4) is 0 Å². The van der Waals surface area contributed by atoms with Gasteiger partial charge in [0.2, 0.25) is 0 Å². The van der Waals surface area contributed by atoms with E-state index in [9.17, 15) is 8.42 Å². The Morgan fingerprint density at radius 3 is 2.36 bits per heavy atom. The maximum Gasteiger partial charge on any atom is 0.264 e. The highest BCUT2D eigenvalue weighted by Gasteiger charge is 2.09. The highest BCUT2D eigenvalue weighted by atomic mass is 79.9. The smallest absolute Gasteiger partial charge is 0.264 e. The molecular formula is C6H13BrO3S. The third-order valence-electron chi connectivity index (χ3n) is 1.29. The Hall–Kier alpha value is 0.390. The van der Waals surface area contributed by atoms with Gasteiger partial charge in [0, 0.05) is 4.83 Å². The van der Waals surface area contributed by atoms with Crippen LogP contribution < -0.4 is 0 Å². The summed E-state index contributed by atoms with van der Waals surface area (Å²) in [6.07, 6.45) is 2.43. The monoisotopic (exact) mass is 244 g/mol. The number of rotatable bonds is 5. The summed E-state index contributed by atoms with van der Waals surface area (Å²) in [6.45, 7) is 2.03. The molecule has 0 bridgehead atoms. The van der Waals surface area contributed by atoms with E-state index < -0.39 is 10.1 Å². The Morgan fingerprint density at radius 1 is 1.45 bits per heavy atom. The Labute approximate surface area is 76.1 Å². The van der Waals surface area contributed by atoms with Crippen molar-refractivity contribution in [2.45, 2.75) is 31.0 Å². The highest BCUT2D eigenvalue weighted by Crippen LogP contribution is 2.12. The third-order valence-corrected chi connectivity index (χ3v) is 2.96. The van der Waals surface area contributed by atoms with Crippen LogP contribution in [0, 0.1) is 0 Å². The van der Waals surface area contributed by atoms with Gasteiger partial charge in [-0.1, -0.05) is 29.3 Å². The van der Waals surface area contributed by atoms with Gasteiger partial charge < -0.3 is 0 Å². The van der Waals surface area contributed by atoms with Crippen molar-refractivity contribution in [3.63, 3.8) is 0 Å². The van der Waals surface area contributed by atoms with Crippen LogP contribution in [0.25, 0.3) is 0 Å². The van der Waals surface area contributed by atoms with E-state index in [1.807, 2.05) is 6.92 Å². The fraction of sp³-hybridized carbons (Fsp3) is 1.00. The summed E-state index contributed by atoms with van der Waals surface area (Å²) in [5, 5.41) is 0. The van der Waals surface area contributed by atoms with E-state index in [0.717, 1.165) is 12.8 Å². The van der Waals surface area contributed by atoms with Crippen LogP contribution in [0.1, 0.15) is 26.2 Å². The summed E-state index contributed by atoms with van der Waals surface area (Å²) >= 11 is 3.32. The molecule has 5 heteroatoms. The molecule has 0 aliphatic heterocycles. The molecule has 0 aliphatic rings. The minimum atomic E-state index is -3.77. The van der Waals surface area contributed by atoms with Crippen molar-refractivity contribution in [2.24, 2.45) is 0 Å². The van der Waals surface area contributed by atoms with Crippen LogP contribution in [-0.4, -0.2) is 23.6 Å². The van der Waals surface area contributed by atoms with Crippen LogP contribution in [-0.2, 0) is 10.1 Å². The Kier molecular flexibility index (Phi) is 5.29. The number of halogens is 1. The second kappa shape index (κ2) is 5.11. The van der Waals surface area contributed by atoms with Gasteiger partial charge in [0.25, 0.3) is 10.1 Å². The first kappa shape index (κ1) is 11.4. The zero-order valence-corrected chi connectivity index (χ0v) is 8.86. The topological polar surface area (TPSA) is 54.4 Å². The van der Waals surface area contributed by atoms with Crippen LogP contribution in [0.5, 0.6) is 0 Å². The van der Waals surface area contributed by atoms with Gasteiger partial charge in [-0.15, -0.1) is 0 Å². The zero-order chi connectivity index (χ0) is 8.91. The van der Waals surface area contributed by atoms with Crippen LogP contribution in [0.15, 0.2) is 0 Å². The summed E-state index contributed by atoms with van der Waals surface area (Å²) in [6, 6.07) is 0. The van der Waals surface area contributed by atoms with Crippen molar-refractivity contribution in [2.75, 3.05) is 5.75 Å². The quantitative estimate of drug-likeness (QED) is 0.593. The van der Waals surface area contributed by atoms with Gasteiger partial charge in [-0.2, -0.15) is 8.42 Å². The third kappa shape index (κ3) is 8.29. The Bertz CT molecular complexity index is 188. The van der Waals surface area contributed by atoms with E-state index in [0.29, 0.717) is 6.42 Å². The van der Waals surface area contributed by atoms with Crippen LogP contribution >= 0.6 is 15.9 Å². The van der Waals surface area contributed by atoms with Gasteiger partial charge in [-0.25, -0.2) is 0 Å². The lowest BCUT2D eigenvalue weighted by atomic mass is 10.2. The van der Waals surface area contributed by atoms with Gasteiger partial charge in [0.15, 0.2) is 0 Å². The number of hydrogen-bond donors (Lipinski definition) is 1. The summed E-state index contributed by atoms with van der Waals surface area (Å²) in [5.41, 5.74) is 0.